The minimum atomic E-state index is -0.130. The Morgan fingerprint density at radius 2 is 2.14 bits per heavy atom. The molecule has 6 nitrogen and oxygen atoms in total. The van der Waals surface area contributed by atoms with E-state index in [-0.39, 0.29) is 11.6 Å². The predicted octanol–water partition coefficient (Wildman–Crippen LogP) is 3.64. The number of hydrogen-bond acceptors (Lipinski definition) is 3. The molecule has 0 aliphatic heterocycles. The maximum absolute atomic E-state index is 12.4. The molecule has 6 heteroatoms. The highest BCUT2D eigenvalue weighted by Crippen LogP contribution is 2.27. The van der Waals surface area contributed by atoms with E-state index >= 15 is 0 Å². The number of H-pyrrole nitrogens is 1. The van der Waals surface area contributed by atoms with Gasteiger partial charge in [-0.3, -0.25) is 9.36 Å². The van der Waals surface area contributed by atoms with E-state index in [1.165, 1.54) is 0 Å². The lowest BCUT2D eigenvalue weighted by molar-refractivity contribution is 0.0951. The van der Waals surface area contributed by atoms with Gasteiger partial charge in [0.2, 0.25) is 0 Å². The molecule has 1 aliphatic rings. The molecular weight excluding hydrogens is 352 g/mol. The van der Waals surface area contributed by atoms with E-state index in [0.29, 0.717) is 29.7 Å². The molecule has 1 saturated carbocycles. The highest BCUT2D eigenvalue weighted by atomic mass is 16.2. The van der Waals surface area contributed by atoms with Crippen LogP contribution in [0, 0.1) is 12.8 Å². The number of fused-ring (bicyclic) bond motifs is 1. The molecule has 1 aliphatic carbocycles. The summed E-state index contributed by atoms with van der Waals surface area (Å²) in [5.41, 5.74) is 4.82. The van der Waals surface area contributed by atoms with Gasteiger partial charge in [-0.25, -0.2) is 9.78 Å². The van der Waals surface area contributed by atoms with Gasteiger partial charge in [0, 0.05) is 29.9 Å². The number of hydrogen-bond donors (Lipinski definition) is 2. The fourth-order valence-electron chi connectivity index (χ4n) is 3.37. The smallest absolute Gasteiger partial charge is 0.327 e. The number of aromatic amines is 1. The largest absolute Gasteiger partial charge is 0.349 e. The molecule has 0 saturated heterocycles. The van der Waals surface area contributed by atoms with Crippen LogP contribution in [0.25, 0.3) is 22.3 Å². The van der Waals surface area contributed by atoms with E-state index in [4.69, 9.17) is 0 Å². The Balaban J connectivity index is 1.71. The van der Waals surface area contributed by atoms with Gasteiger partial charge < -0.3 is 10.3 Å². The second-order valence-electron chi connectivity index (χ2n) is 7.93. The fourth-order valence-corrected chi connectivity index (χ4v) is 3.37. The first kappa shape index (κ1) is 18.5. The summed E-state index contributed by atoms with van der Waals surface area (Å²) in [6.07, 6.45) is 4.91. The van der Waals surface area contributed by atoms with Gasteiger partial charge in [-0.15, -0.1) is 0 Å². The summed E-state index contributed by atoms with van der Waals surface area (Å²) < 4.78 is 1.71. The van der Waals surface area contributed by atoms with Crippen molar-refractivity contribution < 1.29 is 4.79 Å². The lowest BCUT2D eigenvalue weighted by Crippen LogP contribution is -2.25. The number of nitrogens with one attached hydrogen (secondary N) is 2. The normalized spacial score (nSPS) is 15.0. The zero-order valence-electron chi connectivity index (χ0n) is 16.6. The van der Waals surface area contributed by atoms with Crippen LogP contribution in [-0.4, -0.2) is 26.5 Å². The number of amides is 1. The number of pyridine rings is 1. The van der Waals surface area contributed by atoms with E-state index in [9.17, 15) is 9.59 Å². The predicted molar refractivity (Wildman–Crippen MR) is 110 cm³/mol. The van der Waals surface area contributed by atoms with Crippen LogP contribution in [0.15, 0.2) is 35.3 Å². The van der Waals surface area contributed by atoms with Crippen LogP contribution in [0.1, 0.15) is 49.0 Å². The molecule has 2 heterocycles. The summed E-state index contributed by atoms with van der Waals surface area (Å²) in [5.74, 6) is 0.369. The summed E-state index contributed by atoms with van der Waals surface area (Å²) in [6.45, 7) is 6.91. The van der Waals surface area contributed by atoms with Crippen molar-refractivity contribution in [2.24, 2.45) is 5.92 Å². The first-order chi connectivity index (χ1) is 13.5. The monoisotopic (exact) mass is 378 g/mol. The van der Waals surface area contributed by atoms with Crippen molar-refractivity contribution >= 4 is 17.1 Å². The number of rotatable bonds is 6. The molecule has 1 unspecified atom stereocenters. The lowest BCUT2D eigenvalue weighted by atomic mass is 9.99. The second-order valence-corrected chi connectivity index (χ2v) is 7.93. The number of nitrogens with zero attached hydrogens (tertiary/aromatic N) is 2. The highest BCUT2D eigenvalue weighted by Gasteiger charge is 2.24. The minimum absolute atomic E-state index is 0.0362. The van der Waals surface area contributed by atoms with Gasteiger partial charge in [0.1, 0.15) is 0 Å². The van der Waals surface area contributed by atoms with Crippen LogP contribution >= 0.6 is 0 Å². The Morgan fingerprint density at radius 1 is 1.36 bits per heavy atom. The van der Waals surface area contributed by atoms with Gasteiger partial charge in [0.15, 0.2) is 5.65 Å². The summed E-state index contributed by atoms with van der Waals surface area (Å²) in [7, 11) is 0. The Kier molecular flexibility index (Phi) is 4.79. The average molecular weight is 378 g/mol. The lowest BCUT2D eigenvalue weighted by Gasteiger charge is -2.11. The van der Waals surface area contributed by atoms with Crippen LogP contribution in [0.4, 0.5) is 0 Å². The molecule has 2 aromatic heterocycles. The molecule has 0 radical (unpaired) electrons. The first-order valence-electron chi connectivity index (χ1n) is 9.96. The van der Waals surface area contributed by atoms with E-state index in [2.05, 4.69) is 29.1 Å². The molecule has 28 heavy (non-hydrogen) atoms. The van der Waals surface area contributed by atoms with Crippen LogP contribution in [-0.2, 0) is 6.54 Å². The van der Waals surface area contributed by atoms with Crippen LogP contribution in [0.5, 0.6) is 0 Å². The third kappa shape index (κ3) is 3.59. The molecule has 2 N–H and O–H groups in total. The number of aryl methyl sites for hydroxylation is 1. The molecule has 1 aromatic carbocycles. The third-order valence-corrected chi connectivity index (χ3v) is 5.52. The van der Waals surface area contributed by atoms with Crippen molar-refractivity contribution in [1.82, 2.24) is 19.9 Å². The van der Waals surface area contributed by atoms with Crippen molar-refractivity contribution in [2.45, 2.75) is 52.6 Å². The van der Waals surface area contributed by atoms with Gasteiger partial charge in [-0.05, 0) is 55.0 Å². The standard InChI is InChI=1S/C22H26N4O2/c1-4-13(2)12-26-20-19(25-22(26)28)10-16(11-23-20)18-9-15(6-5-14(18)3)21(27)24-17-7-8-17/h5-6,9-11,13,17H,4,7-8,12H2,1-3H3,(H,24,27)(H,25,28). The highest BCUT2D eigenvalue weighted by molar-refractivity contribution is 5.96. The van der Waals surface area contributed by atoms with Crippen molar-refractivity contribution in [3.63, 3.8) is 0 Å². The Hall–Kier alpha value is -2.89. The van der Waals surface area contributed by atoms with Crippen LogP contribution in [0.3, 0.4) is 0 Å². The topological polar surface area (TPSA) is 79.8 Å². The Labute approximate surface area is 164 Å². The zero-order chi connectivity index (χ0) is 19.8. The van der Waals surface area contributed by atoms with Gasteiger partial charge >= 0.3 is 5.69 Å². The first-order valence-corrected chi connectivity index (χ1v) is 9.96. The third-order valence-electron chi connectivity index (χ3n) is 5.52. The quantitative estimate of drug-likeness (QED) is 0.687. The van der Waals surface area contributed by atoms with E-state index in [1.807, 2.05) is 31.2 Å². The second kappa shape index (κ2) is 7.26. The summed E-state index contributed by atoms with van der Waals surface area (Å²) in [5, 5.41) is 3.03. The maximum Gasteiger partial charge on any atom is 0.327 e. The maximum atomic E-state index is 12.4. The molecule has 0 spiro atoms. The molecule has 3 aromatic rings. The molecule has 0 bridgehead atoms. The van der Waals surface area contributed by atoms with Crippen molar-refractivity contribution in [2.75, 3.05) is 0 Å². The summed E-state index contributed by atoms with van der Waals surface area (Å²) in [6, 6.07) is 7.99. The van der Waals surface area contributed by atoms with E-state index < -0.39 is 0 Å². The van der Waals surface area contributed by atoms with E-state index in [0.717, 1.165) is 41.5 Å². The van der Waals surface area contributed by atoms with Crippen LogP contribution < -0.4 is 11.0 Å². The summed E-state index contributed by atoms with van der Waals surface area (Å²) >= 11 is 0. The molecule has 1 atom stereocenters. The van der Waals surface area contributed by atoms with Gasteiger partial charge in [0.25, 0.3) is 5.91 Å². The number of carbonyl (C=O) groups is 1. The van der Waals surface area contributed by atoms with Gasteiger partial charge in [0.05, 0.1) is 5.52 Å². The molecular formula is C22H26N4O2. The number of aromatic nitrogens is 3. The van der Waals surface area contributed by atoms with Gasteiger partial charge in [-0.2, -0.15) is 0 Å². The number of benzene rings is 1. The van der Waals surface area contributed by atoms with Crippen molar-refractivity contribution in [1.29, 1.82) is 0 Å². The Bertz CT molecular complexity index is 1090. The fraction of sp³-hybridized carbons (Fsp3) is 0.409. The number of imidazole rings is 1. The van der Waals surface area contributed by atoms with Crippen LogP contribution in [0.2, 0.25) is 0 Å². The van der Waals surface area contributed by atoms with E-state index in [1.54, 1.807) is 10.8 Å². The number of carbonyl (C=O) groups excluding carboxylic acids is 1. The van der Waals surface area contributed by atoms with Crippen molar-refractivity contribution in [3.05, 3.63) is 52.1 Å². The molecule has 1 amide bonds. The zero-order valence-corrected chi connectivity index (χ0v) is 16.6. The molecule has 4 rings (SSSR count). The summed E-state index contributed by atoms with van der Waals surface area (Å²) in [4.78, 5) is 32.3. The molecule has 1 fully saturated rings. The SMILES string of the molecule is CCC(C)Cn1c(=O)[nH]c2cc(-c3cc(C(=O)NC4CC4)ccc3C)cnc21. The Morgan fingerprint density at radius 3 is 2.86 bits per heavy atom. The minimum Gasteiger partial charge on any atom is -0.349 e. The average Bonchev–Trinajstić information content (AvgIpc) is 3.44. The van der Waals surface area contributed by atoms with Gasteiger partial charge in [-0.1, -0.05) is 26.3 Å². The molecule has 146 valence electrons. The van der Waals surface area contributed by atoms with Crippen molar-refractivity contribution in [3.8, 4) is 11.1 Å².